The second-order valence-electron chi connectivity index (χ2n) is 6.82. The number of hydrogen-bond donors (Lipinski definition) is 1. The van der Waals surface area contributed by atoms with Gasteiger partial charge >= 0.3 is 0 Å². The number of aromatic nitrogens is 2. The molecule has 0 bridgehead atoms. The highest BCUT2D eigenvalue weighted by Gasteiger charge is 2.23. The molecule has 27 heavy (non-hydrogen) atoms. The summed E-state index contributed by atoms with van der Waals surface area (Å²) < 4.78 is 5.43. The molecule has 2 aromatic rings. The van der Waals surface area contributed by atoms with Crippen molar-refractivity contribution < 1.29 is 9.53 Å². The first-order valence-electron chi connectivity index (χ1n) is 9.77. The van der Waals surface area contributed by atoms with Gasteiger partial charge < -0.3 is 15.0 Å². The van der Waals surface area contributed by atoms with E-state index in [4.69, 9.17) is 4.74 Å². The maximum Gasteiger partial charge on any atom is 0.274 e. The second kappa shape index (κ2) is 8.84. The second-order valence-corrected chi connectivity index (χ2v) is 6.82. The molecular weight excluding hydrogens is 340 g/mol. The molecule has 1 aliphatic heterocycles. The highest BCUT2D eigenvalue weighted by atomic mass is 16.5. The third kappa shape index (κ3) is 4.76. The molecule has 1 aromatic carbocycles. The van der Waals surface area contributed by atoms with Crippen molar-refractivity contribution in [2.45, 2.75) is 52.5 Å². The number of rotatable bonds is 6. The minimum Gasteiger partial charge on any atom is -0.494 e. The van der Waals surface area contributed by atoms with Gasteiger partial charge in [0, 0.05) is 24.3 Å². The Bertz CT molecular complexity index is 776. The number of carbonyl (C=O) groups is 1. The zero-order valence-electron chi connectivity index (χ0n) is 16.4. The summed E-state index contributed by atoms with van der Waals surface area (Å²) in [5.74, 6) is 2.03. The van der Waals surface area contributed by atoms with Gasteiger partial charge in [-0.15, -0.1) is 0 Å². The van der Waals surface area contributed by atoms with Gasteiger partial charge in [-0.2, -0.15) is 0 Å². The lowest BCUT2D eigenvalue weighted by atomic mass is 10.00. The molecule has 1 amide bonds. The summed E-state index contributed by atoms with van der Waals surface area (Å²) in [5, 5.41) is 2.91. The summed E-state index contributed by atoms with van der Waals surface area (Å²) in [7, 11) is 0. The molecule has 3 rings (SSSR count). The van der Waals surface area contributed by atoms with Gasteiger partial charge in [-0.25, -0.2) is 9.97 Å². The first-order chi connectivity index (χ1) is 13.1. The van der Waals surface area contributed by atoms with Crippen LogP contribution in [0.25, 0.3) is 0 Å². The molecule has 1 atom stereocenters. The first kappa shape index (κ1) is 19.1. The quantitative estimate of drug-likeness (QED) is 0.827. The Kier molecular flexibility index (Phi) is 6.27. The molecule has 0 saturated carbocycles. The van der Waals surface area contributed by atoms with Crippen LogP contribution in [-0.4, -0.2) is 35.1 Å². The van der Waals surface area contributed by atoms with Crippen molar-refractivity contribution in [2.75, 3.05) is 23.4 Å². The smallest absolute Gasteiger partial charge is 0.274 e. The van der Waals surface area contributed by atoms with E-state index in [2.05, 4.69) is 27.1 Å². The summed E-state index contributed by atoms with van der Waals surface area (Å²) in [5.41, 5.74) is 1.11. The number of hydrogen-bond acceptors (Lipinski definition) is 5. The van der Waals surface area contributed by atoms with Gasteiger partial charge in [-0.05, 0) is 63.8 Å². The fourth-order valence-corrected chi connectivity index (χ4v) is 3.54. The standard InChI is InChI=1S/C21H28N4O2/c1-4-17-8-6-7-13-25(17)20-14-19(22-15(3)23-20)21(26)24-16-9-11-18(12-10-16)27-5-2/h9-12,14,17H,4-8,13H2,1-3H3,(H,24,26). The maximum absolute atomic E-state index is 12.7. The van der Waals surface area contributed by atoms with E-state index in [1.54, 1.807) is 0 Å². The molecule has 1 fully saturated rings. The van der Waals surface area contributed by atoms with Crippen molar-refractivity contribution in [3.05, 3.63) is 41.9 Å². The molecule has 0 radical (unpaired) electrons. The van der Waals surface area contributed by atoms with Crippen molar-refractivity contribution >= 4 is 17.4 Å². The fraction of sp³-hybridized carbons (Fsp3) is 0.476. The number of benzene rings is 1. The van der Waals surface area contributed by atoms with Crippen LogP contribution in [0.2, 0.25) is 0 Å². The number of aryl methyl sites for hydroxylation is 1. The average Bonchev–Trinajstić information content (AvgIpc) is 2.69. The minimum atomic E-state index is -0.226. The van der Waals surface area contributed by atoms with E-state index < -0.39 is 0 Å². The van der Waals surface area contributed by atoms with Crippen molar-refractivity contribution in [1.29, 1.82) is 0 Å². The Hall–Kier alpha value is -2.63. The largest absolute Gasteiger partial charge is 0.494 e. The summed E-state index contributed by atoms with van der Waals surface area (Å²) in [6.07, 6.45) is 4.67. The maximum atomic E-state index is 12.7. The van der Waals surface area contributed by atoms with Crippen LogP contribution in [0.5, 0.6) is 5.75 Å². The Morgan fingerprint density at radius 1 is 1.22 bits per heavy atom. The minimum absolute atomic E-state index is 0.226. The third-order valence-electron chi connectivity index (χ3n) is 4.87. The predicted octanol–water partition coefficient (Wildman–Crippen LogP) is 4.20. The Labute approximate surface area is 161 Å². The number of anilines is 2. The van der Waals surface area contributed by atoms with E-state index in [1.165, 1.54) is 12.8 Å². The lowest BCUT2D eigenvalue weighted by Gasteiger charge is -2.36. The van der Waals surface area contributed by atoms with Crippen LogP contribution in [0.15, 0.2) is 30.3 Å². The SMILES string of the molecule is CCOc1ccc(NC(=O)c2cc(N3CCCCC3CC)nc(C)n2)cc1. The number of amides is 1. The van der Waals surface area contributed by atoms with Crippen LogP contribution in [0, 0.1) is 6.92 Å². The zero-order chi connectivity index (χ0) is 19.2. The van der Waals surface area contributed by atoms with Crippen LogP contribution in [0.1, 0.15) is 55.8 Å². The zero-order valence-corrected chi connectivity index (χ0v) is 16.4. The molecule has 1 unspecified atom stereocenters. The third-order valence-corrected chi connectivity index (χ3v) is 4.87. The Morgan fingerprint density at radius 3 is 2.70 bits per heavy atom. The Morgan fingerprint density at radius 2 is 2.00 bits per heavy atom. The van der Waals surface area contributed by atoms with Gasteiger partial charge in [0.05, 0.1) is 6.61 Å². The monoisotopic (exact) mass is 368 g/mol. The first-order valence-corrected chi connectivity index (χ1v) is 9.77. The highest BCUT2D eigenvalue weighted by Crippen LogP contribution is 2.26. The molecule has 0 spiro atoms. The number of carbonyl (C=O) groups excluding carboxylic acids is 1. The van der Waals surface area contributed by atoms with Crippen molar-refractivity contribution in [2.24, 2.45) is 0 Å². The normalized spacial score (nSPS) is 16.9. The summed E-state index contributed by atoms with van der Waals surface area (Å²) in [6.45, 7) is 7.58. The summed E-state index contributed by atoms with van der Waals surface area (Å²) in [4.78, 5) is 24.0. The lowest BCUT2D eigenvalue weighted by molar-refractivity contribution is 0.102. The van der Waals surface area contributed by atoms with E-state index in [-0.39, 0.29) is 5.91 Å². The molecule has 2 heterocycles. The van der Waals surface area contributed by atoms with Gasteiger partial charge in [0.2, 0.25) is 0 Å². The van der Waals surface area contributed by atoms with E-state index in [0.717, 1.165) is 31.0 Å². The molecule has 6 nitrogen and oxygen atoms in total. The van der Waals surface area contributed by atoms with Crippen LogP contribution in [-0.2, 0) is 0 Å². The Balaban J connectivity index is 1.77. The fourth-order valence-electron chi connectivity index (χ4n) is 3.54. The average molecular weight is 368 g/mol. The van der Waals surface area contributed by atoms with E-state index >= 15 is 0 Å². The van der Waals surface area contributed by atoms with Crippen molar-refractivity contribution in [3.63, 3.8) is 0 Å². The van der Waals surface area contributed by atoms with Crippen LogP contribution < -0.4 is 15.0 Å². The topological polar surface area (TPSA) is 67.3 Å². The molecule has 6 heteroatoms. The van der Waals surface area contributed by atoms with Crippen molar-refractivity contribution in [1.82, 2.24) is 9.97 Å². The molecule has 1 aromatic heterocycles. The summed E-state index contributed by atoms with van der Waals surface area (Å²) >= 11 is 0. The highest BCUT2D eigenvalue weighted by molar-refractivity contribution is 6.03. The number of nitrogens with one attached hydrogen (secondary N) is 1. The van der Waals surface area contributed by atoms with Gasteiger partial charge in [0.25, 0.3) is 5.91 Å². The van der Waals surface area contributed by atoms with Crippen molar-refractivity contribution in [3.8, 4) is 5.75 Å². The molecule has 1 N–H and O–H groups in total. The van der Waals surface area contributed by atoms with E-state index in [9.17, 15) is 4.79 Å². The van der Waals surface area contributed by atoms with Crippen LogP contribution in [0.4, 0.5) is 11.5 Å². The predicted molar refractivity (Wildman–Crippen MR) is 108 cm³/mol. The summed E-state index contributed by atoms with van der Waals surface area (Å²) in [6, 6.07) is 9.64. The van der Waals surface area contributed by atoms with Gasteiger partial charge in [-0.1, -0.05) is 6.92 Å². The lowest BCUT2D eigenvalue weighted by Crippen LogP contribution is -2.40. The van der Waals surface area contributed by atoms with Gasteiger partial charge in [-0.3, -0.25) is 4.79 Å². The van der Waals surface area contributed by atoms with Crippen LogP contribution >= 0.6 is 0 Å². The van der Waals surface area contributed by atoms with E-state index in [1.807, 2.05) is 44.2 Å². The van der Waals surface area contributed by atoms with Crippen LogP contribution in [0.3, 0.4) is 0 Å². The number of nitrogens with zero attached hydrogens (tertiary/aromatic N) is 3. The van der Waals surface area contributed by atoms with E-state index in [0.29, 0.717) is 29.9 Å². The number of ether oxygens (including phenoxy) is 1. The molecule has 144 valence electrons. The molecule has 1 saturated heterocycles. The molecular formula is C21H28N4O2. The van der Waals surface area contributed by atoms with Gasteiger partial charge in [0.1, 0.15) is 23.1 Å². The molecule has 0 aliphatic carbocycles. The number of piperidine rings is 1. The molecule has 1 aliphatic rings. The van der Waals surface area contributed by atoms with Gasteiger partial charge in [0.15, 0.2) is 0 Å².